The van der Waals surface area contributed by atoms with Gasteiger partial charge < -0.3 is 0 Å². The first-order valence-corrected chi connectivity index (χ1v) is 7.90. The average Bonchev–Trinajstić information content (AvgIpc) is 2.58. The Bertz CT molecular complexity index is 854. The Morgan fingerprint density at radius 1 is 1.31 bits per heavy atom. The molecule has 0 aliphatic carbocycles. The molecule has 0 fully saturated rings. The molecule has 7 heteroatoms. The number of aryl methyl sites for hydroxylation is 1. The van der Waals surface area contributed by atoms with Crippen LogP contribution in [0.1, 0.15) is 25.1 Å². The van der Waals surface area contributed by atoms with Gasteiger partial charge in [-0.15, -0.1) is 6.42 Å². The lowest BCUT2D eigenvalue weighted by atomic mass is 10.1. The molecule has 0 spiro atoms. The summed E-state index contributed by atoms with van der Waals surface area (Å²) in [4.78, 5) is 21.0. The van der Waals surface area contributed by atoms with Crippen molar-refractivity contribution in [1.29, 1.82) is 0 Å². The van der Waals surface area contributed by atoms with Crippen molar-refractivity contribution in [3.8, 4) is 23.6 Å². The molecule has 0 aromatic carbocycles. The third-order valence-electron chi connectivity index (χ3n) is 3.61. The molecule has 2 aromatic heterocycles. The Morgan fingerprint density at radius 2 is 2.00 bits per heavy atom. The molecule has 4 nitrogen and oxygen atoms in total. The predicted octanol–water partition coefficient (Wildman–Crippen LogP) is 4.09. The molecule has 0 radical (unpaired) electrons. The summed E-state index contributed by atoms with van der Waals surface area (Å²) < 4.78 is 40.9. The number of aromatic nitrogens is 2. The van der Waals surface area contributed by atoms with E-state index in [4.69, 9.17) is 6.42 Å². The van der Waals surface area contributed by atoms with Gasteiger partial charge in [0.15, 0.2) is 5.69 Å². The molecule has 0 saturated heterocycles. The standard InChI is InChI=1S/C19H18F3N3O/c1-5-8-25(18(26)12(2)3)16-7-6-15(24-17(16)19(20,21)22)14-9-13(4)10-23-11-14/h1,6-7,9-12H,8H2,2-4H3. The quantitative estimate of drug-likeness (QED) is 0.771. The average molecular weight is 361 g/mol. The summed E-state index contributed by atoms with van der Waals surface area (Å²) >= 11 is 0. The minimum atomic E-state index is -4.74. The summed E-state index contributed by atoms with van der Waals surface area (Å²) in [7, 11) is 0. The number of terminal acetylenes is 1. The molecule has 1 amide bonds. The zero-order chi connectivity index (χ0) is 19.5. The van der Waals surface area contributed by atoms with Gasteiger partial charge in [0.25, 0.3) is 0 Å². The van der Waals surface area contributed by atoms with Crippen LogP contribution in [0.2, 0.25) is 0 Å². The number of alkyl halides is 3. The van der Waals surface area contributed by atoms with E-state index in [2.05, 4.69) is 15.9 Å². The zero-order valence-electron chi connectivity index (χ0n) is 14.6. The molecule has 0 N–H and O–H groups in total. The van der Waals surface area contributed by atoms with Crippen molar-refractivity contribution in [3.05, 3.63) is 41.9 Å². The summed E-state index contributed by atoms with van der Waals surface area (Å²) in [6.07, 6.45) is 3.54. The van der Waals surface area contributed by atoms with Gasteiger partial charge in [-0.3, -0.25) is 14.7 Å². The van der Waals surface area contributed by atoms with Gasteiger partial charge in [0, 0.05) is 23.9 Å². The van der Waals surface area contributed by atoms with Crippen LogP contribution in [0.15, 0.2) is 30.6 Å². The Hall–Kier alpha value is -2.88. The fourth-order valence-electron chi connectivity index (χ4n) is 2.42. The fourth-order valence-corrected chi connectivity index (χ4v) is 2.42. The molecule has 2 rings (SSSR count). The summed E-state index contributed by atoms with van der Waals surface area (Å²) in [6, 6.07) is 4.34. The van der Waals surface area contributed by atoms with Crippen LogP contribution in [-0.4, -0.2) is 22.4 Å². The fraction of sp³-hybridized carbons (Fsp3) is 0.316. The maximum absolute atomic E-state index is 13.6. The molecule has 2 heterocycles. The Kier molecular flexibility index (Phi) is 5.66. The highest BCUT2D eigenvalue weighted by atomic mass is 19.4. The van der Waals surface area contributed by atoms with E-state index in [1.807, 2.05) is 0 Å². The number of hydrogen-bond donors (Lipinski definition) is 0. The summed E-state index contributed by atoms with van der Waals surface area (Å²) in [5.74, 6) is 1.23. The largest absolute Gasteiger partial charge is 0.435 e. The first-order valence-electron chi connectivity index (χ1n) is 7.90. The van der Waals surface area contributed by atoms with Crippen LogP contribution in [0.5, 0.6) is 0 Å². The van der Waals surface area contributed by atoms with E-state index in [1.54, 1.807) is 33.0 Å². The van der Waals surface area contributed by atoms with Gasteiger partial charge in [-0.2, -0.15) is 13.2 Å². The minimum Gasteiger partial charge on any atom is -0.298 e. The highest BCUT2D eigenvalue weighted by Gasteiger charge is 2.38. The van der Waals surface area contributed by atoms with Crippen LogP contribution in [0.3, 0.4) is 0 Å². The van der Waals surface area contributed by atoms with E-state index in [0.29, 0.717) is 5.56 Å². The van der Waals surface area contributed by atoms with E-state index in [1.165, 1.54) is 18.3 Å². The molecule has 0 aliphatic rings. The molecule has 0 aliphatic heterocycles. The molecule has 0 bridgehead atoms. The van der Waals surface area contributed by atoms with Gasteiger partial charge in [0.2, 0.25) is 5.91 Å². The maximum atomic E-state index is 13.6. The number of anilines is 1. The van der Waals surface area contributed by atoms with Gasteiger partial charge in [0.1, 0.15) is 0 Å². The summed E-state index contributed by atoms with van der Waals surface area (Å²) in [6.45, 7) is 4.71. The lowest BCUT2D eigenvalue weighted by molar-refractivity contribution is -0.140. The van der Waals surface area contributed by atoms with E-state index < -0.39 is 23.7 Å². The van der Waals surface area contributed by atoms with E-state index in [-0.39, 0.29) is 17.9 Å². The second kappa shape index (κ2) is 7.56. The number of amides is 1. The molecule has 136 valence electrons. The lowest BCUT2D eigenvalue weighted by Gasteiger charge is -2.25. The third-order valence-corrected chi connectivity index (χ3v) is 3.61. The van der Waals surface area contributed by atoms with Crippen molar-refractivity contribution in [3.63, 3.8) is 0 Å². The first-order chi connectivity index (χ1) is 12.1. The smallest absolute Gasteiger partial charge is 0.298 e. The predicted molar refractivity (Wildman–Crippen MR) is 93.2 cm³/mol. The lowest BCUT2D eigenvalue weighted by Crippen LogP contribution is -2.36. The molecular formula is C19H18F3N3O. The number of rotatable bonds is 4. The Morgan fingerprint density at radius 3 is 2.54 bits per heavy atom. The number of hydrogen-bond acceptors (Lipinski definition) is 3. The van der Waals surface area contributed by atoms with Crippen molar-refractivity contribution in [1.82, 2.24) is 9.97 Å². The normalized spacial score (nSPS) is 11.3. The number of carbonyl (C=O) groups excluding carboxylic acids is 1. The highest BCUT2D eigenvalue weighted by molar-refractivity contribution is 5.95. The third kappa shape index (κ3) is 4.20. The van der Waals surface area contributed by atoms with Crippen LogP contribution in [0.4, 0.5) is 18.9 Å². The Labute approximate surface area is 150 Å². The number of halogens is 3. The second-order valence-electron chi connectivity index (χ2n) is 6.10. The van der Waals surface area contributed by atoms with Crippen LogP contribution in [0, 0.1) is 25.2 Å². The van der Waals surface area contributed by atoms with Gasteiger partial charge in [-0.1, -0.05) is 19.8 Å². The van der Waals surface area contributed by atoms with Crippen LogP contribution < -0.4 is 4.90 Å². The SMILES string of the molecule is C#CCN(C(=O)C(C)C)c1ccc(-c2cncc(C)c2)nc1C(F)(F)F. The number of carbonyl (C=O) groups is 1. The maximum Gasteiger partial charge on any atom is 0.435 e. The molecular weight excluding hydrogens is 343 g/mol. The van der Waals surface area contributed by atoms with Crippen molar-refractivity contribution in [2.24, 2.45) is 5.92 Å². The summed E-state index contributed by atoms with van der Waals surface area (Å²) in [5, 5.41) is 0. The van der Waals surface area contributed by atoms with Gasteiger partial charge in [0.05, 0.1) is 17.9 Å². The molecule has 0 unspecified atom stereocenters. The number of nitrogens with zero attached hydrogens (tertiary/aromatic N) is 3. The van der Waals surface area contributed by atoms with Crippen molar-refractivity contribution in [2.75, 3.05) is 11.4 Å². The first kappa shape index (κ1) is 19.4. The van der Waals surface area contributed by atoms with Crippen molar-refractivity contribution >= 4 is 11.6 Å². The van der Waals surface area contributed by atoms with Gasteiger partial charge in [-0.25, -0.2) is 4.98 Å². The molecule has 0 atom stereocenters. The minimum absolute atomic E-state index is 0.120. The van der Waals surface area contributed by atoms with Crippen molar-refractivity contribution < 1.29 is 18.0 Å². The van der Waals surface area contributed by atoms with Crippen LogP contribution in [0.25, 0.3) is 11.3 Å². The number of pyridine rings is 2. The topological polar surface area (TPSA) is 46.1 Å². The van der Waals surface area contributed by atoms with Gasteiger partial charge in [-0.05, 0) is 30.7 Å². The van der Waals surface area contributed by atoms with E-state index in [9.17, 15) is 18.0 Å². The van der Waals surface area contributed by atoms with E-state index in [0.717, 1.165) is 10.5 Å². The van der Waals surface area contributed by atoms with Crippen LogP contribution in [-0.2, 0) is 11.0 Å². The highest BCUT2D eigenvalue weighted by Crippen LogP contribution is 2.37. The zero-order valence-corrected chi connectivity index (χ0v) is 14.6. The molecule has 26 heavy (non-hydrogen) atoms. The monoisotopic (exact) mass is 361 g/mol. The van der Waals surface area contributed by atoms with E-state index >= 15 is 0 Å². The summed E-state index contributed by atoms with van der Waals surface area (Å²) in [5.41, 5.74) is -0.124. The van der Waals surface area contributed by atoms with Crippen LogP contribution >= 0.6 is 0 Å². The Balaban J connectivity index is 2.63. The van der Waals surface area contributed by atoms with Crippen molar-refractivity contribution in [2.45, 2.75) is 26.9 Å². The van der Waals surface area contributed by atoms with Gasteiger partial charge >= 0.3 is 6.18 Å². The molecule has 2 aromatic rings. The molecule has 0 saturated carbocycles. The second-order valence-corrected chi connectivity index (χ2v) is 6.10.